The zero-order valence-corrected chi connectivity index (χ0v) is 13.3. The standard InChI is InChI=1S/C18H16N4O3/c23-18(14-7-3-5-13-6-4-10-20-17(13)14)21-12-11-19-15-8-1-2-9-16(15)22(24)25/h1-10,19H,11-12H2,(H,21,23). The lowest BCUT2D eigenvalue weighted by Gasteiger charge is -2.09. The van der Waals surface area contributed by atoms with Crippen LogP contribution in [0.3, 0.4) is 0 Å². The van der Waals surface area contributed by atoms with E-state index in [1.165, 1.54) is 6.07 Å². The smallest absolute Gasteiger partial charge is 0.292 e. The van der Waals surface area contributed by atoms with E-state index in [1.54, 1.807) is 30.5 Å². The topological polar surface area (TPSA) is 97.2 Å². The maximum absolute atomic E-state index is 12.4. The predicted octanol–water partition coefficient (Wildman–Crippen LogP) is 2.98. The molecule has 2 N–H and O–H groups in total. The second-order valence-electron chi connectivity index (χ2n) is 5.34. The second-order valence-corrected chi connectivity index (χ2v) is 5.34. The van der Waals surface area contributed by atoms with E-state index in [-0.39, 0.29) is 11.6 Å². The fraction of sp³-hybridized carbons (Fsp3) is 0.111. The molecule has 25 heavy (non-hydrogen) atoms. The highest BCUT2D eigenvalue weighted by molar-refractivity contribution is 6.05. The molecule has 0 saturated carbocycles. The molecule has 1 amide bonds. The number of amides is 1. The van der Waals surface area contributed by atoms with Crippen LogP contribution in [-0.2, 0) is 0 Å². The van der Waals surface area contributed by atoms with Gasteiger partial charge in [0.15, 0.2) is 0 Å². The summed E-state index contributed by atoms with van der Waals surface area (Å²) >= 11 is 0. The van der Waals surface area contributed by atoms with Crippen molar-refractivity contribution in [3.8, 4) is 0 Å². The van der Waals surface area contributed by atoms with Gasteiger partial charge in [0, 0.05) is 30.7 Å². The van der Waals surface area contributed by atoms with Crippen molar-refractivity contribution in [3.05, 3.63) is 76.5 Å². The molecule has 1 heterocycles. The van der Waals surface area contributed by atoms with Crippen LogP contribution >= 0.6 is 0 Å². The zero-order chi connectivity index (χ0) is 17.6. The minimum Gasteiger partial charge on any atom is -0.378 e. The molecule has 0 aliphatic rings. The molecule has 126 valence electrons. The van der Waals surface area contributed by atoms with E-state index in [0.29, 0.717) is 29.9 Å². The Balaban J connectivity index is 1.61. The summed E-state index contributed by atoms with van der Waals surface area (Å²) in [6.07, 6.45) is 1.65. The zero-order valence-electron chi connectivity index (χ0n) is 13.3. The summed E-state index contributed by atoms with van der Waals surface area (Å²) in [4.78, 5) is 27.1. The number of fused-ring (bicyclic) bond motifs is 1. The Labute approximate surface area is 143 Å². The number of pyridine rings is 1. The summed E-state index contributed by atoms with van der Waals surface area (Å²) in [7, 11) is 0. The molecule has 3 rings (SSSR count). The number of nitrogens with zero attached hydrogens (tertiary/aromatic N) is 2. The number of anilines is 1. The molecular weight excluding hydrogens is 320 g/mol. The summed E-state index contributed by atoms with van der Waals surface area (Å²) < 4.78 is 0. The lowest BCUT2D eigenvalue weighted by molar-refractivity contribution is -0.384. The SMILES string of the molecule is O=C(NCCNc1ccccc1[N+](=O)[O-])c1cccc2cccnc12. The summed E-state index contributed by atoms with van der Waals surface area (Å²) in [5.41, 5.74) is 1.58. The Bertz CT molecular complexity index is 922. The van der Waals surface area contributed by atoms with Gasteiger partial charge in [-0.25, -0.2) is 0 Å². The van der Waals surface area contributed by atoms with Crippen molar-refractivity contribution in [2.45, 2.75) is 0 Å². The Morgan fingerprint density at radius 2 is 1.84 bits per heavy atom. The van der Waals surface area contributed by atoms with Crippen LogP contribution in [0.25, 0.3) is 10.9 Å². The van der Waals surface area contributed by atoms with Crippen molar-refractivity contribution in [1.82, 2.24) is 10.3 Å². The predicted molar refractivity (Wildman–Crippen MR) is 95.7 cm³/mol. The number of para-hydroxylation sites is 3. The van der Waals surface area contributed by atoms with Gasteiger partial charge < -0.3 is 10.6 Å². The number of nitro benzene ring substituents is 1. The lowest BCUT2D eigenvalue weighted by Crippen LogP contribution is -2.29. The fourth-order valence-electron chi connectivity index (χ4n) is 2.54. The molecule has 0 unspecified atom stereocenters. The van der Waals surface area contributed by atoms with E-state index >= 15 is 0 Å². The molecule has 7 heteroatoms. The number of benzene rings is 2. The molecule has 2 aromatic carbocycles. The summed E-state index contributed by atoms with van der Waals surface area (Å²) in [5.74, 6) is -0.228. The highest BCUT2D eigenvalue weighted by Gasteiger charge is 2.12. The summed E-state index contributed by atoms with van der Waals surface area (Å²) in [6, 6.07) is 15.5. The van der Waals surface area contributed by atoms with Gasteiger partial charge in [0.25, 0.3) is 11.6 Å². The van der Waals surface area contributed by atoms with E-state index in [0.717, 1.165) is 5.39 Å². The van der Waals surface area contributed by atoms with Crippen molar-refractivity contribution in [3.63, 3.8) is 0 Å². The number of nitro groups is 1. The van der Waals surface area contributed by atoms with Crippen LogP contribution in [0, 0.1) is 10.1 Å². The van der Waals surface area contributed by atoms with Gasteiger partial charge in [-0.15, -0.1) is 0 Å². The average molecular weight is 336 g/mol. The normalized spacial score (nSPS) is 10.4. The quantitative estimate of drug-likeness (QED) is 0.410. The third-order valence-electron chi connectivity index (χ3n) is 3.70. The Morgan fingerprint density at radius 1 is 1.04 bits per heavy atom. The molecule has 0 fully saturated rings. The third-order valence-corrected chi connectivity index (χ3v) is 3.70. The monoisotopic (exact) mass is 336 g/mol. The van der Waals surface area contributed by atoms with Crippen molar-refractivity contribution in [2.75, 3.05) is 18.4 Å². The van der Waals surface area contributed by atoms with Crippen molar-refractivity contribution < 1.29 is 9.72 Å². The van der Waals surface area contributed by atoms with E-state index in [4.69, 9.17) is 0 Å². The number of carbonyl (C=O) groups is 1. The van der Waals surface area contributed by atoms with Crippen LogP contribution in [0.1, 0.15) is 10.4 Å². The average Bonchev–Trinajstić information content (AvgIpc) is 2.64. The van der Waals surface area contributed by atoms with Crippen molar-refractivity contribution in [2.24, 2.45) is 0 Å². The number of nitrogens with one attached hydrogen (secondary N) is 2. The maximum Gasteiger partial charge on any atom is 0.292 e. The van der Waals surface area contributed by atoms with E-state index in [2.05, 4.69) is 15.6 Å². The Morgan fingerprint density at radius 3 is 2.68 bits per heavy atom. The summed E-state index contributed by atoms with van der Waals surface area (Å²) in [6.45, 7) is 0.697. The second kappa shape index (κ2) is 7.39. The van der Waals surface area contributed by atoms with Gasteiger partial charge in [0.1, 0.15) is 5.69 Å². The molecule has 0 radical (unpaired) electrons. The van der Waals surface area contributed by atoms with E-state index in [1.807, 2.05) is 24.3 Å². The Hall–Kier alpha value is -3.48. The first-order valence-electron chi connectivity index (χ1n) is 7.76. The van der Waals surface area contributed by atoms with Gasteiger partial charge >= 0.3 is 0 Å². The first-order valence-corrected chi connectivity index (χ1v) is 7.76. The lowest BCUT2D eigenvalue weighted by atomic mass is 10.1. The van der Waals surface area contributed by atoms with Crippen LogP contribution in [0.4, 0.5) is 11.4 Å². The molecule has 0 atom stereocenters. The van der Waals surface area contributed by atoms with Gasteiger partial charge in [-0.3, -0.25) is 19.9 Å². The summed E-state index contributed by atoms with van der Waals surface area (Å²) in [5, 5.41) is 17.6. The minimum absolute atomic E-state index is 0.00656. The molecule has 3 aromatic rings. The number of hydrogen-bond acceptors (Lipinski definition) is 5. The van der Waals surface area contributed by atoms with E-state index < -0.39 is 4.92 Å². The third kappa shape index (κ3) is 3.72. The van der Waals surface area contributed by atoms with Gasteiger partial charge in [-0.2, -0.15) is 0 Å². The molecule has 0 saturated heterocycles. The molecule has 0 bridgehead atoms. The molecule has 0 aliphatic heterocycles. The first kappa shape index (κ1) is 16.4. The van der Waals surface area contributed by atoms with Gasteiger partial charge in [0.2, 0.25) is 0 Å². The molecule has 0 spiro atoms. The van der Waals surface area contributed by atoms with Crippen LogP contribution in [0.2, 0.25) is 0 Å². The molecule has 0 aliphatic carbocycles. The van der Waals surface area contributed by atoms with Crippen molar-refractivity contribution >= 4 is 28.2 Å². The van der Waals surface area contributed by atoms with Crippen LogP contribution in [-0.4, -0.2) is 28.9 Å². The van der Waals surface area contributed by atoms with Crippen molar-refractivity contribution in [1.29, 1.82) is 0 Å². The highest BCUT2D eigenvalue weighted by Crippen LogP contribution is 2.22. The Kier molecular flexibility index (Phi) is 4.84. The van der Waals surface area contributed by atoms with Gasteiger partial charge in [-0.1, -0.05) is 30.3 Å². The first-order chi connectivity index (χ1) is 12.2. The number of hydrogen-bond donors (Lipinski definition) is 2. The highest BCUT2D eigenvalue weighted by atomic mass is 16.6. The maximum atomic E-state index is 12.4. The van der Waals surface area contributed by atoms with Crippen LogP contribution in [0.5, 0.6) is 0 Å². The van der Waals surface area contributed by atoms with Crippen LogP contribution in [0.15, 0.2) is 60.8 Å². The largest absolute Gasteiger partial charge is 0.378 e. The molecule has 1 aromatic heterocycles. The van der Waals surface area contributed by atoms with E-state index in [9.17, 15) is 14.9 Å². The minimum atomic E-state index is -0.442. The van der Waals surface area contributed by atoms with Crippen LogP contribution < -0.4 is 10.6 Å². The molecular formula is C18H16N4O3. The number of carbonyl (C=O) groups excluding carboxylic acids is 1. The van der Waals surface area contributed by atoms with Gasteiger partial charge in [-0.05, 0) is 18.2 Å². The fourth-order valence-corrected chi connectivity index (χ4v) is 2.54. The number of aromatic nitrogens is 1. The van der Waals surface area contributed by atoms with Gasteiger partial charge in [0.05, 0.1) is 16.0 Å². The molecule has 7 nitrogen and oxygen atoms in total. The number of rotatable bonds is 6.